The molecule has 0 fully saturated rings. The Bertz CT molecular complexity index is 802. The number of hydrogen-bond donors (Lipinski definition) is 1. The third-order valence-electron chi connectivity index (χ3n) is 4.13. The summed E-state index contributed by atoms with van der Waals surface area (Å²) in [6, 6.07) is 14.1. The number of hydrogen-bond acceptors (Lipinski definition) is 4. The van der Waals surface area contributed by atoms with Crippen LogP contribution in [-0.2, 0) is 6.42 Å². The highest BCUT2D eigenvalue weighted by molar-refractivity contribution is 5.73. The van der Waals surface area contributed by atoms with E-state index in [1.165, 1.54) is 11.1 Å². The Hall–Kier alpha value is -2.62. The highest BCUT2D eigenvalue weighted by Crippen LogP contribution is 2.39. The lowest BCUT2D eigenvalue weighted by Crippen LogP contribution is -2.19. The Morgan fingerprint density at radius 3 is 2.81 bits per heavy atom. The van der Waals surface area contributed by atoms with Crippen LogP contribution in [0.4, 0.5) is 5.69 Å². The molecule has 1 aliphatic rings. The van der Waals surface area contributed by atoms with E-state index in [0.717, 1.165) is 23.4 Å². The van der Waals surface area contributed by atoms with Gasteiger partial charge in [0.05, 0.1) is 11.5 Å². The fourth-order valence-electron chi connectivity index (χ4n) is 2.95. The normalized spacial score (nSPS) is 16.3. The lowest BCUT2D eigenvalue weighted by atomic mass is 9.77. The van der Waals surface area contributed by atoms with Gasteiger partial charge in [-0.1, -0.05) is 41.6 Å². The van der Waals surface area contributed by atoms with E-state index in [9.17, 15) is 0 Å². The van der Waals surface area contributed by atoms with Gasteiger partial charge in [0.2, 0.25) is 0 Å². The summed E-state index contributed by atoms with van der Waals surface area (Å²) in [5.41, 5.74) is 11.2. The lowest BCUT2D eigenvalue weighted by Gasteiger charge is -2.27. The molecule has 4 rings (SSSR count). The second kappa shape index (κ2) is 4.45. The van der Waals surface area contributed by atoms with Crippen LogP contribution >= 0.6 is 0 Å². The Labute approximate surface area is 122 Å². The molecule has 104 valence electrons. The number of nitrogen functional groups attached to an aromatic ring is 1. The van der Waals surface area contributed by atoms with E-state index in [1.54, 1.807) is 0 Å². The number of nitrogens with zero attached hydrogens (tertiary/aromatic N) is 2. The Morgan fingerprint density at radius 2 is 2.00 bits per heavy atom. The zero-order valence-corrected chi connectivity index (χ0v) is 11.7. The minimum Gasteiger partial charge on any atom is -0.398 e. The molecule has 2 N–H and O–H groups in total. The Balaban J connectivity index is 1.72. The average molecular weight is 277 g/mol. The number of aromatic nitrogens is 2. The highest BCUT2D eigenvalue weighted by atomic mass is 16.5. The molecule has 1 aliphatic carbocycles. The van der Waals surface area contributed by atoms with E-state index in [0.29, 0.717) is 11.6 Å². The van der Waals surface area contributed by atoms with Crippen LogP contribution in [0.5, 0.6) is 0 Å². The van der Waals surface area contributed by atoms with Crippen molar-refractivity contribution in [2.45, 2.75) is 19.3 Å². The monoisotopic (exact) mass is 277 g/mol. The van der Waals surface area contributed by atoms with E-state index in [2.05, 4.69) is 28.3 Å². The van der Waals surface area contributed by atoms with Crippen molar-refractivity contribution in [3.8, 4) is 11.5 Å². The van der Waals surface area contributed by atoms with Gasteiger partial charge in [0.15, 0.2) is 5.82 Å². The number of benzene rings is 2. The second-order valence-corrected chi connectivity index (χ2v) is 5.45. The van der Waals surface area contributed by atoms with E-state index >= 15 is 0 Å². The molecule has 1 unspecified atom stereocenters. The number of aryl methyl sites for hydroxylation is 1. The van der Waals surface area contributed by atoms with Crippen molar-refractivity contribution < 1.29 is 4.52 Å². The van der Waals surface area contributed by atoms with Gasteiger partial charge < -0.3 is 10.3 Å². The first kappa shape index (κ1) is 12.1. The van der Waals surface area contributed by atoms with Crippen LogP contribution in [0.1, 0.15) is 28.4 Å². The van der Waals surface area contributed by atoms with Crippen molar-refractivity contribution in [3.05, 3.63) is 65.0 Å². The maximum Gasteiger partial charge on any atom is 0.260 e. The van der Waals surface area contributed by atoms with Crippen LogP contribution in [-0.4, -0.2) is 10.1 Å². The molecule has 4 nitrogen and oxygen atoms in total. The summed E-state index contributed by atoms with van der Waals surface area (Å²) in [5, 5.41) is 4.15. The van der Waals surface area contributed by atoms with Gasteiger partial charge in [0.1, 0.15) is 0 Å². The largest absolute Gasteiger partial charge is 0.398 e. The van der Waals surface area contributed by atoms with Gasteiger partial charge in [0, 0.05) is 5.69 Å². The van der Waals surface area contributed by atoms with E-state index in [4.69, 9.17) is 10.3 Å². The zero-order chi connectivity index (χ0) is 14.4. The molecule has 4 heteroatoms. The summed E-state index contributed by atoms with van der Waals surface area (Å²) in [4.78, 5) is 4.57. The van der Waals surface area contributed by atoms with Crippen LogP contribution in [0.25, 0.3) is 11.5 Å². The first-order valence-electron chi connectivity index (χ1n) is 7.01. The quantitative estimate of drug-likeness (QED) is 0.730. The summed E-state index contributed by atoms with van der Waals surface area (Å²) < 4.78 is 5.44. The second-order valence-electron chi connectivity index (χ2n) is 5.45. The SMILES string of the molecule is Cc1cccc(N)c1-c1nc(C2Cc3ccccc32)no1. The first-order chi connectivity index (χ1) is 10.2. The van der Waals surface area contributed by atoms with Gasteiger partial charge in [-0.25, -0.2) is 0 Å². The van der Waals surface area contributed by atoms with Crippen molar-refractivity contribution >= 4 is 5.69 Å². The Morgan fingerprint density at radius 1 is 1.14 bits per heavy atom. The molecular weight excluding hydrogens is 262 g/mol. The molecule has 1 atom stereocenters. The molecule has 3 aromatic rings. The number of rotatable bonds is 2. The summed E-state index contributed by atoms with van der Waals surface area (Å²) in [5.74, 6) is 1.49. The van der Waals surface area contributed by atoms with Gasteiger partial charge in [0.25, 0.3) is 5.89 Å². The predicted octanol–water partition coefficient (Wildman–Crippen LogP) is 3.32. The summed E-state index contributed by atoms with van der Waals surface area (Å²) in [7, 11) is 0. The first-order valence-corrected chi connectivity index (χ1v) is 7.01. The molecule has 2 aromatic carbocycles. The molecule has 1 heterocycles. The van der Waals surface area contributed by atoms with Crippen LogP contribution in [0.3, 0.4) is 0 Å². The van der Waals surface area contributed by atoms with Gasteiger partial charge in [-0.3, -0.25) is 0 Å². The van der Waals surface area contributed by atoms with Gasteiger partial charge in [-0.15, -0.1) is 0 Å². The van der Waals surface area contributed by atoms with Gasteiger partial charge >= 0.3 is 0 Å². The van der Waals surface area contributed by atoms with Crippen molar-refractivity contribution in [3.63, 3.8) is 0 Å². The predicted molar refractivity (Wildman–Crippen MR) is 80.9 cm³/mol. The number of nitrogens with two attached hydrogens (primary N) is 1. The summed E-state index contributed by atoms with van der Waals surface area (Å²) in [6.07, 6.45) is 0.971. The van der Waals surface area contributed by atoms with E-state index in [1.807, 2.05) is 31.2 Å². The number of anilines is 1. The average Bonchev–Trinajstić information content (AvgIpc) is 2.89. The topological polar surface area (TPSA) is 64.9 Å². The lowest BCUT2D eigenvalue weighted by molar-refractivity contribution is 0.416. The smallest absolute Gasteiger partial charge is 0.260 e. The molecule has 0 bridgehead atoms. The highest BCUT2D eigenvalue weighted by Gasteiger charge is 2.31. The van der Waals surface area contributed by atoms with Crippen LogP contribution in [0.2, 0.25) is 0 Å². The Kier molecular flexibility index (Phi) is 2.57. The fraction of sp³-hybridized carbons (Fsp3) is 0.176. The van der Waals surface area contributed by atoms with E-state index in [-0.39, 0.29) is 5.92 Å². The number of fused-ring (bicyclic) bond motifs is 1. The van der Waals surface area contributed by atoms with Crippen LogP contribution < -0.4 is 5.73 Å². The van der Waals surface area contributed by atoms with E-state index < -0.39 is 0 Å². The van der Waals surface area contributed by atoms with Crippen molar-refractivity contribution in [2.75, 3.05) is 5.73 Å². The third-order valence-corrected chi connectivity index (χ3v) is 4.13. The molecule has 0 saturated carbocycles. The molecule has 0 radical (unpaired) electrons. The van der Waals surface area contributed by atoms with Gasteiger partial charge in [-0.2, -0.15) is 4.98 Å². The maximum absolute atomic E-state index is 6.03. The minimum atomic E-state index is 0.240. The molecule has 0 amide bonds. The zero-order valence-electron chi connectivity index (χ0n) is 11.7. The summed E-state index contributed by atoms with van der Waals surface area (Å²) in [6.45, 7) is 1.99. The molecular formula is C17H15N3O. The van der Waals surface area contributed by atoms with Crippen molar-refractivity contribution in [1.29, 1.82) is 0 Å². The third kappa shape index (κ3) is 1.83. The fourth-order valence-corrected chi connectivity index (χ4v) is 2.95. The van der Waals surface area contributed by atoms with Crippen LogP contribution in [0, 0.1) is 6.92 Å². The molecule has 0 aliphatic heterocycles. The standard InChI is InChI=1S/C17H15N3O/c1-10-5-4-8-14(18)15(10)17-19-16(20-21-17)13-9-11-6-2-3-7-12(11)13/h2-8,13H,9,18H2,1H3. The maximum atomic E-state index is 6.03. The molecule has 0 spiro atoms. The van der Waals surface area contributed by atoms with Crippen molar-refractivity contribution in [2.24, 2.45) is 0 Å². The van der Waals surface area contributed by atoms with Crippen molar-refractivity contribution in [1.82, 2.24) is 10.1 Å². The van der Waals surface area contributed by atoms with Gasteiger partial charge in [-0.05, 0) is 36.1 Å². The molecule has 21 heavy (non-hydrogen) atoms. The summed E-state index contributed by atoms with van der Waals surface area (Å²) >= 11 is 0. The minimum absolute atomic E-state index is 0.240. The van der Waals surface area contributed by atoms with Crippen LogP contribution in [0.15, 0.2) is 47.0 Å². The molecule has 0 saturated heterocycles. The molecule has 1 aromatic heterocycles.